The van der Waals surface area contributed by atoms with Gasteiger partial charge in [0.05, 0.1) is 45.6 Å². The Morgan fingerprint density at radius 2 is 2.15 bits per heavy atom. The van der Waals surface area contributed by atoms with Gasteiger partial charge >= 0.3 is 0 Å². The number of tetrazole rings is 1. The highest BCUT2D eigenvalue weighted by Gasteiger charge is 2.34. The first-order valence-electron chi connectivity index (χ1n) is 9.52. The fourth-order valence-corrected chi connectivity index (χ4v) is 3.63. The minimum absolute atomic E-state index is 0.0376. The third-order valence-corrected chi connectivity index (χ3v) is 5.00. The number of nitrogens with one attached hydrogen (secondary N) is 1. The number of hydrogen-bond donors (Lipinski definition) is 1. The summed E-state index contributed by atoms with van der Waals surface area (Å²) in [7, 11) is 1.68. The summed E-state index contributed by atoms with van der Waals surface area (Å²) >= 11 is 0. The quantitative estimate of drug-likeness (QED) is 0.699. The standard InChI is InChI=1S/C18H28N6O3/c1-14(2)13-15(17-19-20-21-24(17)10-12-26-3)22-6-8-23(9-7-22)18(25)16-5-4-11-27-16/h4-5,11,14-15H,6-10,12-13H2,1-3H3/p+1/t15-/m0/s1. The summed E-state index contributed by atoms with van der Waals surface area (Å²) in [6.45, 7) is 8.77. The molecule has 0 spiro atoms. The number of carbonyl (C=O) groups is 1. The number of methoxy groups -OCH3 is 1. The highest BCUT2D eigenvalue weighted by molar-refractivity contribution is 5.91. The van der Waals surface area contributed by atoms with Crippen molar-refractivity contribution in [2.24, 2.45) is 5.92 Å². The summed E-state index contributed by atoms with van der Waals surface area (Å²) in [5, 5.41) is 12.4. The number of quaternary nitrogens is 1. The molecule has 0 radical (unpaired) electrons. The maximum Gasteiger partial charge on any atom is 0.289 e. The molecule has 0 aliphatic carbocycles. The van der Waals surface area contributed by atoms with E-state index in [2.05, 4.69) is 29.4 Å². The van der Waals surface area contributed by atoms with Crippen LogP contribution in [0.1, 0.15) is 42.7 Å². The van der Waals surface area contributed by atoms with Gasteiger partial charge in [-0.2, -0.15) is 0 Å². The highest BCUT2D eigenvalue weighted by atomic mass is 16.5. The number of ether oxygens (including phenoxy) is 1. The first-order valence-corrected chi connectivity index (χ1v) is 9.52. The lowest BCUT2D eigenvalue weighted by atomic mass is 10.0. The topological polar surface area (TPSA) is 90.7 Å². The first-order chi connectivity index (χ1) is 13.1. The Hall–Kier alpha value is -2.26. The van der Waals surface area contributed by atoms with Crippen molar-refractivity contribution in [2.75, 3.05) is 39.9 Å². The summed E-state index contributed by atoms with van der Waals surface area (Å²) in [6, 6.07) is 3.66. The van der Waals surface area contributed by atoms with Crippen LogP contribution in [0.15, 0.2) is 22.8 Å². The molecule has 0 unspecified atom stereocenters. The van der Waals surface area contributed by atoms with Crippen molar-refractivity contribution < 1.29 is 18.8 Å². The van der Waals surface area contributed by atoms with Crippen LogP contribution < -0.4 is 4.90 Å². The molecule has 1 N–H and O–H groups in total. The van der Waals surface area contributed by atoms with Crippen LogP contribution in [0.5, 0.6) is 0 Å². The summed E-state index contributed by atoms with van der Waals surface area (Å²) in [4.78, 5) is 15.8. The monoisotopic (exact) mass is 377 g/mol. The van der Waals surface area contributed by atoms with Gasteiger partial charge in [-0.3, -0.25) is 4.79 Å². The zero-order chi connectivity index (χ0) is 19.2. The summed E-state index contributed by atoms with van der Waals surface area (Å²) in [5.74, 6) is 1.80. The van der Waals surface area contributed by atoms with Crippen LogP contribution in [0.25, 0.3) is 0 Å². The molecule has 9 nitrogen and oxygen atoms in total. The Kier molecular flexibility index (Phi) is 6.57. The second-order valence-electron chi connectivity index (χ2n) is 7.36. The van der Waals surface area contributed by atoms with Gasteiger partial charge in [-0.25, -0.2) is 4.68 Å². The molecule has 3 rings (SSSR count). The van der Waals surface area contributed by atoms with Crippen LogP contribution in [-0.4, -0.2) is 70.9 Å². The normalized spacial score (nSPS) is 16.8. The molecule has 9 heteroatoms. The Bertz CT molecular complexity index is 707. The minimum Gasteiger partial charge on any atom is -0.459 e. The zero-order valence-corrected chi connectivity index (χ0v) is 16.3. The van der Waals surface area contributed by atoms with Gasteiger partial charge in [-0.05, 0) is 28.5 Å². The molecule has 2 aromatic rings. The summed E-state index contributed by atoms with van der Waals surface area (Å²) in [5.41, 5.74) is 0. The SMILES string of the molecule is COCCn1nnnc1[C@H](CC(C)C)[NH+]1CCN(C(=O)c2ccco2)CC1. The largest absolute Gasteiger partial charge is 0.459 e. The van der Waals surface area contributed by atoms with Gasteiger partial charge in [0, 0.05) is 13.5 Å². The van der Waals surface area contributed by atoms with Gasteiger partial charge in [-0.15, -0.1) is 5.10 Å². The van der Waals surface area contributed by atoms with Crippen LogP contribution in [0, 0.1) is 5.92 Å². The lowest BCUT2D eigenvalue weighted by molar-refractivity contribution is -0.937. The summed E-state index contributed by atoms with van der Waals surface area (Å²) in [6.07, 6.45) is 2.53. The van der Waals surface area contributed by atoms with E-state index in [1.807, 2.05) is 9.58 Å². The van der Waals surface area contributed by atoms with Gasteiger partial charge in [-0.1, -0.05) is 13.8 Å². The highest BCUT2D eigenvalue weighted by Crippen LogP contribution is 2.17. The number of carbonyl (C=O) groups excluding carboxylic acids is 1. The number of furan rings is 1. The van der Waals surface area contributed by atoms with Gasteiger partial charge in [0.2, 0.25) is 5.82 Å². The maximum atomic E-state index is 12.5. The molecule has 1 aliphatic heterocycles. The smallest absolute Gasteiger partial charge is 0.289 e. The second kappa shape index (κ2) is 9.09. The van der Waals surface area contributed by atoms with Gasteiger partial charge in [0.25, 0.3) is 5.91 Å². The van der Waals surface area contributed by atoms with Gasteiger partial charge in [0.1, 0.15) is 6.04 Å². The van der Waals surface area contributed by atoms with E-state index in [1.54, 1.807) is 19.2 Å². The van der Waals surface area contributed by atoms with E-state index in [0.29, 0.717) is 37.9 Å². The Balaban J connectivity index is 1.68. The predicted molar refractivity (Wildman–Crippen MR) is 97.2 cm³/mol. The van der Waals surface area contributed by atoms with E-state index in [4.69, 9.17) is 9.15 Å². The average Bonchev–Trinajstić information content (AvgIpc) is 3.35. The van der Waals surface area contributed by atoms with Crippen LogP contribution in [0.2, 0.25) is 0 Å². The third kappa shape index (κ3) is 4.72. The van der Waals surface area contributed by atoms with E-state index in [0.717, 1.165) is 25.3 Å². The lowest BCUT2D eigenvalue weighted by Gasteiger charge is -2.36. The molecule has 1 aliphatic rings. The number of rotatable bonds is 8. The van der Waals surface area contributed by atoms with E-state index in [9.17, 15) is 4.79 Å². The van der Waals surface area contributed by atoms with Crippen molar-refractivity contribution in [1.82, 2.24) is 25.1 Å². The fraction of sp³-hybridized carbons (Fsp3) is 0.667. The molecule has 2 aromatic heterocycles. The molecule has 3 heterocycles. The zero-order valence-electron chi connectivity index (χ0n) is 16.3. The molecule has 1 atom stereocenters. The number of aromatic nitrogens is 4. The van der Waals surface area contributed by atoms with Crippen molar-refractivity contribution in [3.8, 4) is 0 Å². The number of piperazine rings is 1. The van der Waals surface area contributed by atoms with E-state index in [-0.39, 0.29) is 11.9 Å². The van der Waals surface area contributed by atoms with Crippen molar-refractivity contribution >= 4 is 5.91 Å². The van der Waals surface area contributed by atoms with Crippen molar-refractivity contribution in [3.05, 3.63) is 30.0 Å². The molecule has 1 saturated heterocycles. The molecular weight excluding hydrogens is 348 g/mol. The van der Waals surface area contributed by atoms with E-state index >= 15 is 0 Å². The van der Waals surface area contributed by atoms with Crippen LogP contribution in [-0.2, 0) is 11.3 Å². The third-order valence-electron chi connectivity index (χ3n) is 5.00. The van der Waals surface area contributed by atoms with E-state index < -0.39 is 0 Å². The van der Waals surface area contributed by atoms with Crippen molar-refractivity contribution in [1.29, 1.82) is 0 Å². The number of nitrogens with zero attached hydrogens (tertiary/aromatic N) is 5. The van der Waals surface area contributed by atoms with Crippen molar-refractivity contribution in [2.45, 2.75) is 32.9 Å². The molecule has 0 bridgehead atoms. The van der Waals surface area contributed by atoms with Crippen LogP contribution in [0.3, 0.4) is 0 Å². The predicted octanol–water partition coefficient (Wildman–Crippen LogP) is 0.0406. The fourth-order valence-electron chi connectivity index (χ4n) is 3.63. The van der Waals surface area contributed by atoms with Gasteiger partial charge < -0.3 is 19.0 Å². The molecule has 1 fully saturated rings. The molecule has 0 aromatic carbocycles. The van der Waals surface area contributed by atoms with Crippen LogP contribution >= 0.6 is 0 Å². The minimum atomic E-state index is -0.0376. The summed E-state index contributed by atoms with van der Waals surface area (Å²) < 4.78 is 12.3. The Morgan fingerprint density at radius 3 is 2.78 bits per heavy atom. The van der Waals surface area contributed by atoms with E-state index in [1.165, 1.54) is 11.2 Å². The van der Waals surface area contributed by atoms with Crippen LogP contribution in [0.4, 0.5) is 0 Å². The molecular formula is C18H29N6O3+. The first kappa shape index (κ1) is 19.5. The molecule has 27 heavy (non-hydrogen) atoms. The number of amides is 1. The number of hydrogen-bond acceptors (Lipinski definition) is 6. The lowest BCUT2D eigenvalue weighted by Crippen LogP contribution is -3.15. The second-order valence-corrected chi connectivity index (χ2v) is 7.36. The maximum absolute atomic E-state index is 12.5. The Labute approximate surface area is 159 Å². The van der Waals surface area contributed by atoms with Gasteiger partial charge in [0.15, 0.2) is 5.76 Å². The molecule has 0 saturated carbocycles. The molecule has 1 amide bonds. The van der Waals surface area contributed by atoms with Crippen molar-refractivity contribution in [3.63, 3.8) is 0 Å². The Morgan fingerprint density at radius 1 is 1.37 bits per heavy atom. The molecule has 148 valence electrons. The average molecular weight is 377 g/mol.